The minimum Gasteiger partial charge on any atom is -0.484 e. The van der Waals surface area contributed by atoms with Crippen LogP contribution in [0.1, 0.15) is 35.4 Å². The van der Waals surface area contributed by atoms with Crippen LogP contribution in [-0.4, -0.2) is 10.2 Å². The van der Waals surface area contributed by atoms with Crippen LogP contribution in [0.4, 0.5) is 0 Å². The van der Waals surface area contributed by atoms with Crippen molar-refractivity contribution in [3.05, 3.63) is 65.0 Å². The first-order valence-electron chi connectivity index (χ1n) is 8.42. The zero-order valence-electron chi connectivity index (χ0n) is 13.8. The van der Waals surface area contributed by atoms with Crippen LogP contribution >= 0.6 is 0 Å². The average molecular weight is 320 g/mol. The summed E-state index contributed by atoms with van der Waals surface area (Å²) in [5, 5.41) is 8.24. The molecule has 4 heteroatoms. The van der Waals surface area contributed by atoms with Crippen LogP contribution in [-0.2, 0) is 19.4 Å². The maximum absolute atomic E-state index is 5.97. The Hall–Kier alpha value is -2.62. The number of hydrogen-bond acceptors (Lipinski definition) is 4. The molecule has 0 N–H and O–H groups in total. The summed E-state index contributed by atoms with van der Waals surface area (Å²) in [6.07, 6.45) is 4.72. The molecule has 0 fully saturated rings. The molecule has 3 aromatic rings. The molecule has 0 aliphatic heterocycles. The zero-order chi connectivity index (χ0) is 16.4. The second kappa shape index (κ2) is 6.48. The quantitative estimate of drug-likeness (QED) is 0.710. The molecule has 1 aliphatic carbocycles. The Balaban J connectivity index is 1.49. The number of nitrogens with zero attached hydrogens (tertiary/aromatic N) is 2. The van der Waals surface area contributed by atoms with Crippen molar-refractivity contribution in [1.82, 2.24) is 10.2 Å². The van der Waals surface area contributed by atoms with Crippen molar-refractivity contribution in [3.8, 4) is 17.2 Å². The van der Waals surface area contributed by atoms with Gasteiger partial charge in [0.1, 0.15) is 5.75 Å². The molecule has 0 unspecified atom stereocenters. The van der Waals surface area contributed by atoms with Gasteiger partial charge < -0.3 is 9.15 Å². The molecule has 4 rings (SSSR count). The second-order valence-corrected chi connectivity index (χ2v) is 6.26. The molecule has 1 aromatic heterocycles. The monoisotopic (exact) mass is 320 g/mol. The van der Waals surface area contributed by atoms with Crippen molar-refractivity contribution in [2.24, 2.45) is 0 Å². The zero-order valence-corrected chi connectivity index (χ0v) is 13.8. The summed E-state index contributed by atoms with van der Waals surface area (Å²) in [4.78, 5) is 0. The Morgan fingerprint density at radius 3 is 2.83 bits per heavy atom. The molecule has 0 saturated heterocycles. The third kappa shape index (κ3) is 3.04. The SMILES string of the molecule is Cc1cccc(-c2nnc(COc3cccc4c3CCCC4)o2)c1. The van der Waals surface area contributed by atoms with Gasteiger partial charge in [0.15, 0.2) is 6.61 Å². The standard InChI is InChI=1S/C20H20N2O2/c1-14-6-4-9-16(12-14)20-22-21-19(24-20)13-23-18-11-5-8-15-7-2-3-10-17(15)18/h4-6,8-9,11-12H,2-3,7,10,13H2,1H3. The van der Waals surface area contributed by atoms with E-state index < -0.39 is 0 Å². The van der Waals surface area contributed by atoms with Crippen LogP contribution in [0.25, 0.3) is 11.5 Å². The molecule has 0 spiro atoms. The number of aromatic nitrogens is 2. The van der Waals surface area contributed by atoms with Crippen molar-refractivity contribution in [1.29, 1.82) is 0 Å². The fourth-order valence-corrected chi connectivity index (χ4v) is 3.23. The molecule has 0 saturated carbocycles. The normalized spacial score (nSPS) is 13.5. The van der Waals surface area contributed by atoms with E-state index in [2.05, 4.69) is 22.3 Å². The van der Waals surface area contributed by atoms with Gasteiger partial charge in [0.05, 0.1) is 0 Å². The highest BCUT2D eigenvalue weighted by molar-refractivity contribution is 5.53. The average Bonchev–Trinajstić information content (AvgIpc) is 3.09. The van der Waals surface area contributed by atoms with E-state index in [4.69, 9.17) is 9.15 Å². The number of rotatable bonds is 4. The maximum Gasteiger partial charge on any atom is 0.254 e. The maximum atomic E-state index is 5.97. The van der Waals surface area contributed by atoms with Gasteiger partial charge in [-0.05, 0) is 61.9 Å². The van der Waals surface area contributed by atoms with E-state index in [1.54, 1.807) is 0 Å². The first-order chi connectivity index (χ1) is 11.8. The van der Waals surface area contributed by atoms with E-state index in [-0.39, 0.29) is 0 Å². The molecule has 0 bridgehead atoms. The predicted octanol–water partition coefficient (Wildman–Crippen LogP) is 4.50. The smallest absolute Gasteiger partial charge is 0.254 e. The highest BCUT2D eigenvalue weighted by Crippen LogP contribution is 2.30. The second-order valence-electron chi connectivity index (χ2n) is 6.26. The summed E-state index contributed by atoms with van der Waals surface area (Å²) in [6.45, 7) is 2.34. The van der Waals surface area contributed by atoms with Crippen LogP contribution < -0.4 is 4.74 Å². The molecule has 0 amide bonds. The summed E-state index contributed by atoms with van der Waals surface area (Å²) in [7, 11) is 0. The minimum atomic E-state index is 0.301. The summed E-state index contributed by atoms with van der Waals surface area (Å²) in [6, 6.07) is 14.3. The lowest BCUT2D eigenvalue weighted by Crippen LogP contribution is -2.06. The van der Waals surface area contributed by atoms with Gasteiger partial charge in [0.25, 0.3) is 5.89 Å². The Kier molecular flexibility index (Phi) is 4.03. The highest BCUT2D eigenvalue weighted by Gasteiger charge is 2.15. The van der Waals surface area contributed by atoms with E-state index >= 15 is 0 Å². The van der Waals surface area contributed by atoms with Crippen molar-refractivity contribution in [2.75, 3.05) is 0 Å². The number of ether oxygens (including phenoxy) is 1. The lowest BCUT2D eigenvalue weighted by molar-refractivity contribution is 0.261. The highest BCUT2D eigenvalue weighted by atomic mass is 16.5. The summed E-state index contributed by atoms with van der Waals surface area (Å²) in [5.74, 6) is 1.98. The molecule has 0 radical (unpaired) electrons. The van der Waals surface area contributed by atoms with Crippen LogP contribution in [0.15, 0.2) is 46.9 Å². The Morgan fingerprint density at radius 2 is 1.92 bits per heavy atom. The first-order valence-corrected chi connectivity index (χ1v) is 8.42. The molecule has 1 aliphatic rings. The summed E-state index contributed by atoms with van der Waals surface area (Å²) in [5.41, 5.74) is 4.84. The lowest BCUT2D eigenvalue weighted by Gasteiger charge is -2.18. The molecular formula is C20H20N2O2. The van der Waals surface area contributed by atoms with E-state index in [0.29, 0.717) is 18.4 Å². The van der Waals surface area contributed by atoms with Gasteiger partial charge in [-0.15, -0.1) is 10.2 Å². The van der Waals surface area contributed by atoms with Gasteiger partial charge in [-0.25, -0.2) is 0 Å². The first kappa shape index (κ1) is 14.9. The fraction of sp³-hybridized carbons (Fsp3) is 0.300. The van der Waals surface area contributed by atoms with E-state index in [0.717, 1.165) is 24.2 Å². The molecule has 1 heterocycles. The molecule has 2 aromatic carbocycles. The van der Waals surface area contributed by atoms with Crippen LogP contribution in [0.2, 0.25) is 0 Å². The number of hydrogen-bond donors (Lipinski definition) is 0. The predicted molar refractivity (Wildman–Crippen MR) is 91.9 cm³/mol. The van der Waals surface area contributed by atoms with Crippen molar-refractivity contribution < 1.29 is 9.15 Å². The summed E-state index contributed by atoms with van der Waals surface area (Å²) >= 11 is 0. The van der Waals surface area contributed by atoms with E-state index in [9.17, 15) is 0 Å². The van der Waals surface area contributed by atoms with Crippen LogP contribution in [0.5, 0.6) is 5.75 Å². The molecular weight excluding hydrogens is 300 g/mol. The van der Waals surface area contributed by atoms with Gasteiger partial charge >= 0.3 is 0 Å². The molecule has 4 nitrogen and oxygen atoms in total. The molecule has 0 atom stereocenters. The van der Waals surface area contributed by atoms with E-state index in [1.165, 1.54) is 29.5 Å². The minimum absolute atomic E-state index is 0.301. The molecule has 24 heavy (non-hydrogen) atoms. The third-order valence-corrected chi connectivity index (χ3v) is 4.44. The van der Waals surface area contributed by atoms with Gasteiger partial charge in [0, 0.05) is 5.56 Å². The van der Waals surface area contributed by atoms with Crippen LogP contribution in [0, 0.1) is 6.92 Å². The molecule has 122 valence electrons. The fourth-order valence-electron chi connectivity index (χ4n) is 3.23. The third-order valence-electron chi connectivity index (χ3n) is 4.44. The Labute approximate surface area is 141 Å². The Bertz CT molecular complexity index is 854. The lowest BCUT2D eigenvalue weighted by atomic mass is 9.91. The number of aryl methyl sites for hydroxylation is 2. The van der Waals surface area contributed by atoms with Gasteiger partial charge in [0.2, 0.25) is 5.89 Å². The van der Waals surface area contributed by atoms with Crippen molar-refractivity contribution >= 4 is 0 Å². The number of fused-ring (bicyclic) bond motifs is 1. The van der Waals surface area contributed by atoms with Gasteiger partial charge in [-0.3, -0.25) is 0 Å². The van der Waals surface area contributed by atoms with Crippen molar-refractivity contribution in [3.63, 3.8) is 0 Å². The van der Waals surface area contributed by atoms with E-state index in [1.807, 2.05) is 37.3 Å². The van der Waals surface area contributed by atoms with Gasteiger partial charge in [-0.1, -0.05) is 29.8 Å². The van der Waals surface area contributed by atoms with Gasteiger partial charge in [-0.2, -0.15) is 0 Å². The largest absolute Gasteiger partial charge is 0.484 e. The topological polar surface area (TPSA) is 48.2 Å². The number of benzene rings is 2. The Morgan fingerprint density at radius 1 is 1.04 bits per heavy atom. The van der Waals surface area contributed by atoms with Crippen molar-refractivity contribution in [2.45, 2.75) is 39.2 Å². The van der Waals surface area contributed by atoms with Crippen LogP contribution in [0.3, 0.4) is 0 Å². The summed E-state index contributed by atoms with van der Waals surface area (Å²) < 4.78 is 11.7.